The Morgan fingerprint density at radius 1 is 0.536 bits per heavy atom. The Balaban J connectivity index is 3.54. The number of rotatable bonds is 22. The van der Waals surface area contributed by atoms with Crippen LogP contribution >= 0.6 is 0 Å². The predicted octanol–water partition coefficient (Wildman–Crippen LogP) is 9.01. The second-order valence-electron chi connectivity index (χ2n) is 8.75. The van der Waals surface area contributed by atoms with E-state index in [1.807, 2.05) is 0 Å². The monoisotopic (exact) mass is 396 g/mol. The minimum Gasteiger partial charge on any atom is -0.465 e. The quantitative estimate of drug-likeness (QED) is 0.135. The molecule has 0 heterocycles. The highest BCUT2D eigenvalue weighted by atomic mass is 16.5. The first-order chi connectivity index (χ1) is 13.8. The summed E-state index contributed by atoms with van der Waals surface area (Å²) in [5.74, 6) is 0.214. The third-order valence-electron chi connectivity index (χ3n) is 5.89. The van der Waals surface area contributed by atoms with Crippen molar-refractivity contribution in [3.05, 3.63) is 0 Å². The SMILES string of the molecule is CCCCCCCCCCCCCCCCC(CCCC)C(=O)OCCCC. The van der Waals surface area contributed by atoms with E-state index in [1.54, 1.807) is 0 Å². The molecule has 0 radical (unpaired) electrons. The number of esters is 1. The highest BCUT2D eigenvalue weighted by Gasteiger charge is 2.18. The zero-order valence-electron chi connectivity index (χ0n) is 19.7. The van der Waals surface area contributed by atoms with Crippen molar-refractivity contribution in [1.29, 1.82) is 0 Å². The van der Waals surface area contributed by atoms with Gasteiger partial charge in [-0.05, 0) is 19.3 Å². The Morgan fingerprint density at radius 3 is 1.39 bits per heavy atom. The number of carbonyl (C=O) groups is 1. The summed E-state index contributed by atoms with van der Waals surface area (Å²) >= 11 is 0. The third-order valence-corrected chi connectivity index (χ3v) is 5.89. The van der Waals surface area contributed by atoms with Crippen molar-refractivity contribution in [3.8, 4) is 0 Å². The van der Waals surface area contributed by atoms with Crippen molar-refractivity contribution in [3.63, 3.8) is 0 Å². The first-order valence-electron chi connectivity index (χ1n) is 12.9. The standard InChI is InChI=1S/C26H52O2/c1-4-7-10-11-12-13-14-15-16-17-18-19-20-21-23-25(22-8-5-2)26(27)28-24-9-6-3/h25H,4-24H2,1-3H3. The van der Waals surface area contributed by atoms with E-state index in [4.69, 9.17) is 4.74 Å². The Labute approximate surface area is 177 Å². The molecule has 0 aromatic heterocycles. The van der Waals surface area contributed by atoms with Crippen LogP contribution in [0.25, 0.3) is 0 Å². The van der Waals surface area contributed by atoms with Gasteiger partial charge in [0.15, 0.2) is 0 Å². The lowest BCUT2D eigenvalue weighted by atomic mass is 9.95. The molecule has 0 aliphatic rings. The molecule has 0 aliphatic carbocycles. The molecule has 0 rings (SSSR count). The molecule has 0 aromatic carbocycles. The number of hydrogen-bond acceptors (Lipinski definition) is 2. The Hall–Kier alpha value is -0.530. The fourth-order valence-corrected chi connectivity index (χ4v) is 3.85. The second kappa shape index (κ2) is 22.8. The predicted molar refractivity (Wildman–Crippen MR) is 124 cm³/mol. The zero-order valence-corrected chi connectivity index (χ0v) is 19.7. The van der Waals surface area contributed by atoms with Gasteiger partial charge in [0.1, 0.15) is 0 Å². The molecular weight excluding hydrogens is 344 g/mol. The first kappa shape index (κ1) is 27.5. The maximum absolute atomic E-state index is 12.3. The van der Waals surface area contributed by atoms with Crippen LogP contribution in [0.3, 0.4) is 0 Å². The van der Waals surface area contributed by atoms with E-state index in [2.05, 4.69) is 20.8 Å². The summed E-state index contributed by atoms with van der Waals surface area (Å²) in [6.45, 7) is 7.23. The molecule has 28 heavy (non-hydrogen) atoms. The lowest BCUT2D eigenvalue weighted by Gasteiger charge is -2.15. The van der Waals surface area contributed by atoms with Crippen LogP contribution in [0.5, 0.6) is 0 Å². The van der Waals surface area contributed by atoms with Crippen LogP contribution in [0, 0.1) is 5.92 Å². The molecule has 0 spiro atoms. The van der Waals surface area contributed by atoms with Crippen LogP contribution in [0.2, 0.25) is 0 Å². The van der Waals surface area contributed by atoms with Gasteiger partial charge in [0.2, 0.25) is 0 Å². The molecule has 1 unspecified atom stereocenters. The van der Waals surface area contributed by atoms with Crippen molar-refractivity contribution >= 4 is 5.97 Å². The smallest absolute Gasteiger partial charge is 0.308 e. The van der Waals surface area contributed by atoms with Crippen molar-refractivity contribution in [2.45, 2.75) is 149 Å². The fraction of sp³-hybridized carbons (Fsp3) is 0.962. The molecule has 0 N–H and O–H groups in total. The van der Waals surface area contributed by atoms with Gasteiger partial charge in [-0.3, -0.25) is 4.79 Å². The van der Waals surface area contributed by atoms with E-state index in [0.717, 1.165) is 38.5 Å². The summed E-state index contributed by atoms with van der Waals surface area (Å²) in [6, 6.07) is 0. The van der Waals surface area contributed by atoms with Gasteiger partial charge >= 0.3 is 5.97 Å². The molecule has 1 atom stereocenters. The fourth-order valence-electron chi connectivity index (χ4n) is 3.85. The molecule has 0 bridgehead atoms. The van der Waals surface area contributed by atoms with E-state index >= 15 is 0 Å². The van der Waals surface area contributed by atoms with E-state index < -0.39 is 0 Å². The molecule has 0 fully saturated rings. The number of unbranched alkanes of at least 4 members (excludes halogenated alkanes) is 15. The second-order valence-corrected chi connectivity index (χ2v) is 8.75. The van der Waals surface area contributed by atoms with Crippen LogP contribution in [0.15, 0.2) is 0 Å². The van der Waals surface area contributed by atoms with E-state index in [1.165, 1.54) is 89.9 Å². The highest BCUT2D eigenvalue weighted by Crippen LogP contribution is 2.20. The van der Waals surface area contributed by atoms with Gasteiger partial charge in [0, 0.05) is 0 Å². The lowest BCUT2D eigenvalue weighted by Crippen LogP contribution is -2.18. The van der Waals surface area contributed by atoms with Crippen molar-refractivity contribution < 1.29 is 9.53 Å². The van der Waals surface area contributed by atoms with E-state index in [-0.39, 0.29) is 11.9 Å². The van der Waals surface area contributed by atoms with Crippen LogP contribution in [-0.4, -0.2) is 12.6 Å². The Kier molecular flexibility index (Phi) is 22.3. The largest absolute Gasteiger partial charge is 0.465 e. The van der Waals surface area contributed by atoms with Gasteiger partial charge < -0.3 is 4.74 Å². The van der Waals surface area contributed by atoms with E-state index in [0.29, 0.717) is 6.61 Å². The molecule has 0 aliphatic heterocycles. The van der Waals surface area contributed by atoms with Gasteiger partial charge in [-0.25, -0.2) is 0 Å². The van der Waals surface area contributed by atoms with Gasteiger partial charge in [0.05, 0.1) is 12.5 Å². The minimum atomic E-state index is 0.0663. The van der Waals surface area contributed by atoms with Gasteiger partial charge in [0.25, 0.3) is 0 Å². The Bertz CT molecular complexity index is 314. The molecular formula is C26H52O2. The molecule has 0 amide bonds. The zero-order chi connectivity index (χ0) is 20.7. The van der Waals surface area contributed by atoms with Crippen LogP contribution in [-0.2, 0) is 9.53 Å². The third kappa shape index (κ3) is 18.8. The molecule has 2 nitrogen and oxygen atoms in total. The molecule has 0 saturated heterocycles. The Morgan fingerprint density at radius 2 is 0.929 bits per heavy atom. The van der Waals surface area contributed by atoms with Crippen LogP contribution in [0.4, 0.5) is 0 Å². The first-order valence-corrected chi connectivity index (χ1v) is 12.9. The molecule has 0 aromatic rings. The maximum atomic E-state index is 12.3. The summed E-state index contributed by atoms with van der Waals surface area (Å²) in [5, 5.41) is 0. The van der Waals surface area contributed by atoms with Crippen molar-refractivity contribution in [2.24, 2.45) is 5.92 Å². The summed E-state index contributed by atoms with van der Waals surface area (Å²) in [5.41, 5.74) is 0. The summed E-state index contributed by atoms with van der Waals surface area (Å²) in [6.07, 6.45) is 25.8. The molecule has 2 heteroatoms. The maximum Gasteiger partial charge on any atom is 0.308 e. The summed E-state index contributed by atoms with van der Waals surface area (Å²) in [7, 11) is 0. The topological polar surface area (TPSA) is 26.3 Å². The highest BCUT2D eigenvalue weighted by molar-refractivity contribution is 5.72. The van der Waals surface area contributed by atoms with Gasteiger partial charge in [-0.2, -0.15) is 0 Å². The summed E-state index contributed by atoms with van der Waals surface area (Å²) in [4.78, 5) is 12.3. The van der Waals surface area contributed by atoms with E-state index in [9.17, 15) is 4.79 Å². The van der Waals surface area contributed by atoms with Gasteiger partial charge in [-0.15, -0.1) is 0 Å². The normalized spacial score (nSPS) is 12.2. The van der Waals surface area contributed by atoms with Crippen molar-refractivity contribution in [2.75, 3.05) is 6.61 Å². The van der Waals surface area contributed by atoms with Crippen LogP contribution in [0.1, 0.15) is 149 Å². The average Bonchev–Trinajstić information content (AvgIpc) is 2.70. The molecule has 0 saturated carbocycles. The lowest BCUT2D eigenvalue weighted by molar-refractivity contribution is -0.149. The van der Waals surface area contributed by atoms with Crippen LogP contribution < -0.4 is 0 Å². The number of carbonyl (C=O) groups excluding carboxylic acids is 1. The molecule has 168 valence electrons. The minimum absolute atomic E-state index is 0.0663. The number of hydrogen-bond donors (Lipinski definition) is 0. The average molecular weight is 397 g/mol. The summed E-state index contributed by atoms with van der Waals surface area (Å²) < 4.78 is 5.47. The van der Waals surface area contributed by atoms with Gasteiger partial charge in [-0.1, -0.05) is 130 Å². The van der Waals surface area contributed by atoms with Crippen molar-refractivity contribution in [1.82, 2.24) is 0 Å². The number of ether oxygens (including phenoxy) is 1.